The molecule has 2 fully saturated rings. The van der Waals surface area contributed by atoms with Crippen molar-refractivity contribution in [1.29, 1.82) is 0 Å². The third-order valence-corrected chi connectivity index (χ3v) is 5.55. The maximum absolute atomic E-state index is 12.8. The molecule has 1 aliphatic heterocycles. The summed E-state index contributed by atoms with van der Waals surface area (Å²) in [6, 6.07) is -0.522. The van der Waals surface area contributed by atoms with Gasteiger partial charge in [-0.1, -0.05) is 12.8 Å². The number of fused-ring (bicyclic) bond motifs is 1. The Hall–Kier alpha value is -1.36. The van der Waals surface area contributed by atoms with E-state index in [2.05, 4.69) is 0 Å². The van der Waals surface area contributed by atoms with Crippen LogP contribution in [0.2, 0.25) is 0 Å². The number of carbonyl (C=O) groups is 2. The number of amides is 1. The molecule has 1 saturated heterocycles. The van der Waals surface area contributed by atoms with Crippen molar-refractivity contribution in [2.24, 2.45) is 5.92 Å². The van der Waals surface area contributed by atoms with E-state index < -0.39 is 12.0 Å². The minimum Gasteiger partial charge on any atom is -0.480 e. The van der Waals surface area contributed by atoms with Crippen LogP contribution in [0.15, 0.2) is 10.8 Å². The highest BCUT2D eigenvalue weighted by atomic mass is 32.1. The van der Waals surface area contributed by atoms with Gasteiger partial charge in [-0.2, -0.15) is 11.3 Å². The molecule has 1 aromatic rings. The molecule has 20 heavy (non-hydrogen) atoms. The van der Waals surface area contributed by atoms with Gasteiger partial charge in [-0.05, 0) is 43.0 Å². The van der Waals surface area contributed by atoms with Crippen LogP contribution < -0.4 is 0 Å². The monoisotopic (exact) mass is 293 g/mol. The number of thiophene rings is 1. The largest absolute Gasteiger partial charge is 0.480 e. The lowest BCUT2D eigenvalue weighted by Gasteiger charge is -2.33. The van der Waals surface area contributed by atoms with Crippen molar-refractivity contribution in [3.63, 3.8) is 0 Å². The van der Waals surface area contributed by atoms with Gasteiger partial charge in [0.25, 0.3) is 5.91 Å². The van der Waals surface area contributed by atoms with Crippen molar-refractivity contribution in [1.82, 2.24) is 4.90 Å². The van der Waals surface area contributed by atoms with Crippen molar-refractivity contribution in [3.05, 3.63) is 21.9 Å². The van der Waals surface area contributed by atoms with Crippen molar-refractivity contribution >= 4 is 23.2 Å². The molecule has 3 atom stereocenters. The predicted molar refractivity (Wildman–Crippen MR) is 77.0 cm³/mol. The first-order chi connectivity index (χ1) is 9.59. The van der Waals surface area contributed by atoms with Crippen LogP contribution >= 0.6 is 11.3 Å². The zero-order valence-electron chi connectivity index (χ0n) is 11.5. The molecule has 4 nitrogen and oxygen atoms in total. The van der Waals surface area contributed by atoms with Crippen LogP contribution in [0, 0.1) is 12.8 Å². The molecular formula is C15H19NO3S. The lowest BCUT2D eigenvalue weighted by atomic mass is 9.84. The minimum atomic E-state index is -0.861. The van der Waals surface area contributed by atoms with Gasteiger partial charge >= 0.3 is 5.97 Å². The smallest absolute Gasteiger partial charge is 0.326 e. The first-order valence-electron chi connectivity index (χ1n) is 7.18. The summed E-state index contributed by atoms with van der Waals surface area (Å²) in [7, 11) is 0. The highest BCUT2D eigenvalue weighted by Gasteiger charge is 2.47. The summed E-state index contributed by atoms with van der Waals surface area (Å²) in [5.74, 6) is -0.584. The van der Waals surface area contributed by atoms with Crippen LogP contribution in [0.4, 0.5) is 0 Å². The van der Waals surface area contributed by atoms with E-state index in [0.29, 0.717) is 17.9 Å². The molecule has 0 bridgehead atoms. The van der Waals surface area contributed by atoms with Crippen molar-refractivity contribution in [2.75, 3.05) is 0 Å². The number of nitrogens with zero attached hydrogens (tertiary/aromatic N) is 1. The van der Waals surface area contributed by atoms with Gasteiger partial charge in [0.2, 0.25) is 0 Å². The fraction of sp³-hybridized carbons (Fsp3) is 0.600. The second kappa shape index (κ2) is 5.20. The standard InChI is InChI=1S/C15H19NO3S/c1-9-7-20-8-11(9)14(17)16-12-5-3-2-4-10(12)6-13(16)15(18)19/h7-8,10,12-13H,2-6H2,1H3,(H,18,19)/t10-,12+,13-/m0/s1. The number of hydrogen-bond acceptors (Lipinski definition) is 3. The summed E-state index contributed by atoms with van der Waals surface area (Å²) in [5, 5.41) is 13.2. The van der Waals surface area contributed by atoms with E-state index in [1.165, 1.54) is 11.3 Å². The third kappa shape index (κ3) is 2.14. The number of carboxylic acid groups (broad SMARTS) is 1. The third-order valence-electron chi connectivity index (χ3n) is 4.69. The van der Waals surface area contributed by atoms with Gasteiger partial charge in [-0.3, -0.25) is 4.79 Å². The van der Waals surface area contributed by atoms with Gasteiger partial charge in [-0.15, -0.1) is 0 Å². The number of aliphatic carboxylic acids is 1. The average molecular weight is 293 g/mol. The quantitative estimate of drug-likeness (QED) is 0.912. The summed E-state index contributed by atoms with van der Waals surface area (Å²) in [6.45, 7) is 1.91. The summed E-state index contributed by atoms with van der Waals surface area (Å²) in [4.78, 5) is 26.0. The molecule has 0 aromatic carbocycles. The molecule has 1 amide bonds. The van der Waals surface area contributed by atoms with Crippen LogP contribution in [-0.2, 0) is 4.79 Å². The molecule has 2 heterocycles. The van der Waals surface area contributed by atoms with Crippen LogP contribution in [0.25, 0.3) is 0 Å². The topological polar surface area (TPSA) is 57.6 Å². The molecule has 3 rings (SSSR count). The Morgan fingerprint density at radius 3 is 2.70 bits per heavy atom. The number of likely N-dealkylation sites (tertiary alicyclic amines) is 1. The van der Waals surface area contributed by atoms with Gasteiger partial charge in [0.05, 0.1) is 5.56 Å². The molecule has 5 heteroatoms. The number of aryl methyl sites for hydroxylation is 1. The van der Waals surface area contributed by atoms with Gasteiger partial charge in [0, 0.05) is 11.4 Å². The molecule has 0 radical (unpaired) electrons. The molecule has 0 spiro atoms. The first kappa shape index (κ1) is 13.6. The van der Waals surface area contributed by atoms with Crippen molar-refractivity contribution in [3.8, 4) is 0 Å². The second-order valence-electron chi connectivity index (χ2n) is 5.88. The zero-order valence-corrected chi connectivity index (χ0v) is 12.4. The van der Waals surface area contributed by atoms with Gasteiger partial charge in [0.1, 0.15) is 6.04 Å². The van der Waals surface area contributed by atoms with E-state index >= 15 is 0 Å². The average Bonchev–Trinajstić information content (AvgIpc) is 3.01. The summed E-state index contributed by atoms with van der Waals surface area (Å²) >= 11 is 1.50. The minimum absolute atomic E-state index is 0.0921. The van der Waals surface area contributed by atoms with E-state index in [4.69, 9.17) is 0 Å². The summed E-state index contributed by atoms with van der Waals surface area (Å²) < 4.78 is 0. The summed E-state index contributed by atoms with van der Waals surface area (Å²) in [5.41, 5.74) is 1.62. The highest BCUT2D eigenvalue weighted by Crippen LogP contribution is 2.40. The second-order valence-corrected chi connectivity index (χ2v) is 6.63. The molecule has 1 N–H and O–H groups in total. The maximum atomic E-state index is 12.8. The normalized spacial score (nSPS) is 29.2. The van der Waals surface area contributed by atoms with Crippen molar-refractivity contribution in [2.45, 2.75) is 51.1 Å². The van der Waals surface area contributed by atoms with Gasteiger partial charge in [-0.25, -0.2) is 4.79 Å². The molecule has 108 valence electrons. The number of carboxylic acids is 1. The van der Waals surface area contributed by atoms with E-state index in [1.807, 2.05) is 17.7 Å². The fourth-order valence-electron chi connectivity index (χ4n) is 3.69. The number of carbonyl (C=O) groups excluding carboxylic acids is 1. The lowest BCUT2D eigenvalue weighted by molar-refractivity contribution is -0.141. The maximum Gasteiger partial charge on any atom is 0.326 e. The van der Waals surface area contributed by atoms with Crippen molar-refractivity contribution < 1.29 is 14.7 Å². The van der Waals surface area contributed by atoms with Crippen LogP contribution in [-0.4, -0.2) is 34.0 Å². The Bertz CT molecular complexity index is 539. The Labute approximate surface area is 122 Å². The van der Waals surface area contributed by atoms with Gasteiger partial charge in [0.15, 0.2) is 0 Å². The molecule has 0 unspecified atom stereocenters. The molecule has 2 aliphatic rings. The first-order valence-corrected chi connectivity index (χ1v) is 8.12. The van der Waals surface area contributed by atoms with E-state index in [1.54, 1.807) is 4.90 Å². The van der Waals surface area contributed by atoms with Crippen LogP contribution in [0.5, 0.6) is 0 Å². The molecular weight excluding hydrogens is 274 g/mol. The SMILES string of the molecule is Cc1cscc1C(=O)N1[C@@H]2CCCC[C@H]2C[C@H]1C(=O)O. The van der Waals surface area contributed by atoms with E-state index in [9.17, 15) is 14.7 Å². The lowest BCUT2D eigenvalue weighted by Crippen LogP contribution is -2.46. The fourth-order valence-corrected chi connectivity index (χ4v) is 4.51. The highest BCUT2D eigenvalue weighted by molar-refractivity contribution is 7.08. The van der Waals surface area contributed by atoms with Crippen LogP contribution in [0.1, 0.15) is 48.0 Å². The Morgan fingerprint density at radius 2 is 2.05 bits per heavy atom. The Balaban J connectivity index is 1.93. The predicted octanol–water partition coefficient (Wildman–Crippen LogP) is 2.91. The Kier molecular flexibility index (Phi) is 3.54. The molecule has 1 aliphatic carbocycles. The Morgan fingerprint density at radius 1 is 1.30 bits per heavy atom. The summed E-state index contributed by atoms with van der Waals surface area (Å²) in [6.07, 6.45) is 4.88. The van der Waals surface area contributed by atoms with E-state index in [-0.39, 0.29) is 11.9 Å². The molecule has 1 aromatic heterocycles. The van der Waals surface area contributed by atoms with E-state index in [0.717, 1.165) is 31.2 Å². The molecule has 1 saturated carbocycles. The van der Waals surface area contributed by atoms with Crippen LogP contribution in [0.3, 0.4) is 0 Å². The number of rotatable bonds is 2. The van der Waals surface area contributed by atoms with Gasteiger partial charge < -0.3 is 10.0 Å². The zero-order chi connectivity index (χ0) is 14.3. The number of hydrogen-bond donors (Lipinski definition) is 1.